The summed E-state index contributed by atoms with van der Waals surface area (Å²) in [6, 6.07) is 0. The Hall–Kier alpha value is -1.41. The van der Waals surface area contributed by atoms with Gasteiger partial charge in [0.25, 0.3) is 0 Å². The zero-order valence-electron chi connectivity index (χ0n) is 17.3. The molecule has 0 aromatic carbocycles. The van der Waals surface area contributed by atoms with E-state index < -0.39 is 42.2 Å². The largest absolute Gasteiger partial charge is 0.462 e. The second-order valence-corrected chi connectivity index (χ2v) is 9.07. The highest BCUT2D eigenvalue weighted by molar-refractivity contribution is 5.84. The number of carbonyl (C=O) groups excluding carboxylic acids is 2. The van der Waals surface area contributed by atoms with Gasteiger partial charge in [0, 0.05) is 0 Å². The fraction of sp³-hybridized carbons (Fsp3) is 0.900. The number of hydrogen-bond acceptors (Lipinski definition) is 4. The molecule has 29 heavy (non-hydrogen) atoms. The van der Waals surface area contributed by atoms with Crippen molar-refractivity contribution < 1.29 is 41.0 Å². The lowest BCUT2D eigenvalue weighted by Crippen LogP contribution is -2.47. The highest BCUT2D eigenvalue weighted by atomic mass is 19.4. The van der Waals surface area contributed by atoms with Crippen molar-refractivity contribution in [3.05, 3.63) is 0 Å². The van der Waals surface area contributed by atoms with E-state index in [1.165, 1.54) is 0 Å². The van der Waals surface area contributed by atoms with Gasteiger partial charge < -0.3 is 9.47 Å². The monoisotopic (exact) mass is 428 g/mol. The standard InChI is InChI=1S/C20H29F5O4/c1-10(2)13(5)29-16(26)8-18(7-14-6-15(18)12(4)11(14)3)17(27)28-9-19(21,22)20(23,24)25/h10-15H,6-9H2,1-5H3. The zero-order chi connectivity index (χ0) is 22.4. The summed E-state index contributed by atoms with van der Waals surface area (Å²) in [7, 11) is 0. The first kappa shape index (κ1) is 23.9. The molecule has 168 valence electrons. The van der Waals surface area contributed by atoms with Crippen molar-refractivity contribution in [2.75, 3.05) is 6.61 Å². The van der Waals surface area contributed by atoms with Crippen molar-refractivity contribution in [1.82, 2.24) is 0 Å². The Morgan fingerprint density at radius 2 is 1.66 bits per heavy atom. The van der Waals surface area contributed by atoms with E-state index in [-0.39, 0.29) is 42.4 Å². The summed E-state index contributed by atoms with van der Waals surface area (Å²) < 4.78 is 73.7. The van der Waals surface area contributed by atoms with E-state index in [1.54, 1.807) is 6.92 Å². The molecular formula is C20H29F5O4. The lowest BCUT2D eigenvalue weighted by Gasteiger charge is -2.40. The summed E-state index contributed by atoms with van der Waals surface area (Å²) in [5.74, 6) is -6.90. The minimum absolute atomic E-state index is 0.0137. The van der Waals surface area contributed by atoms with Crippen LogP contribution in [0.15, 0.2) is 0 Å². The molecule has 0 saturated heterocycles. The first-order chi connectivity index (χ1) is 13.1. The maximum atomic E-state index is 13.3. The predicted octanol–water partition coefficient (Wildman–Crippen LogP) is 5.00. The van der Waals surface area contributed by atoms with Crippen molar-refractivity contribution in [2.24, 2.45) is 35.0 Å². The number of fused-ring (bicyclic) bond motifs is 2. The van der Waals surface area contributed by atoms with Gasteiger partial charge in [-0.2, -0.15) is 22.0 Å². The van der Waals surface area contributed by atoms with E-state index in [9.17, 15) is 31.5 Å². The molecule has 2 saturated carbocycles. The van der Waals surface area contributed by atoms with Crippen molar-refractivity contribution in [2.45, 2.75) is 72.1 Å². The molecule has 0 aromatic rings. The normalized spacial score (nSPS) is 33.1. The summed E-state index contributed by atoms with van der Waals surface area (Å²) in [6.07, 6.45) is -5.77. The molecule has 2 rings (SSSR count). The Morgan fingerprint density at radius 3 is 2.10 bits per heavy atom. The molecule has 2 fully saturated rings. The van der Waals surface area contributed by atoms with E-state index >= 15 is 0 Å². The summed E-state index contributed by atoms with van der Waals surface area (Å²) in [4.78, 5) is 25.3. The van der Waals surface area contributed by atoms with Crippen LogP contribution < -0.4 is 0 Å². The Labute approximate surface area is 167 Å². The van der Waals surface area contributed by atoms with Crippen LogP contribution in [0.5, 0.6) is 0 Å². The summed E-state index contributed by atoms with van der Waals surface area (Å²) in [5.41, 5.74) is -1.42. The molecule has 0 aromatic heterocycles. The van der Waals surface area contributed by atoms with Gasteiger partial charge in [-0.1, -0.05) is 27.7 Å². The van der Waals surface area contributed by atoms with Gasteiger partial charge in [-0.05, 0) is 49.4 Å². The van der Waals surface area contributed by atoms with E-state index in [0.717, 1.165) is 0 Å². The number of alkyl halides is 5. The van der Waals surface area contributed by atoms with Crippen LogP contribution in [0.3, 0.4) is 0 Å². The molecule has 0 amide bonds. The number of hydrogen-bond donors (Lipinski definition) is 0. The first-order valence-electron chi connectivity index (χ1n) is 9.93. The van der Waals surface area contributed by atoms with Crippen LogP contribution in [0.25, 0.3) is 0 Å². The SMILES string of the molecule is CC(C)C(C)OC(=O)CC1(C(=O)OCC(F)(F)C(F)(F)F)CC2CC1C(C)C2C. The van der Waals surface area contributed by atoms with Gasteiger partial charge in [0.1, 0.15) is 6.10 Å². The van der Waals surface area contributed by atoms with Crippen LogP contribution in [-0.2, 0) is 19.1 Å². The predicted molar refractivity (Wildman–Crippen MR) is 93.9 cm³/mol. The quantitative estimate of drug-likeness (QED) is 0.423. The van der Waals surface area contributed by atoms with Gasteiger partial charge in [-0.25, -0.2) is 0 Å². The van der Waals surface area contributed by atoms with Gasteiger partial charge in [-0.15, -0.1) is 0 Å². The number of rotatable bonds is 7. The summed E-state index contributed by atoms with van der Waals surface area (Å²) in [5, 5.41) is 0. The minimum atomic E-state index is -5.82. The molecule has 4 nitrogen and oxygen atoms in total. The van der Waals surface area contributed by atoms with Gasteiger partial charge in [0.05, 0.1) is 11.8 Å². The molecule has 0 heterocycles. The van der Waals surface area contributed by atoms with E-state index in [1.807, 2.05) is 27.7 Å². The van der Waals surface area contributed by atoms with E-state index in [2.05, 4.69) is 4.74 Å². The van der Waals surface area contributed by atoms with E-state index in [4.69, 9.17) is 4.74 Å². The highest BCUT2D eigenvalue weighted by Gasteiger charge is 2.64. The van der Waals surface area contributed by atoms with Crippen molar-refractivity contribution in [3.63, 3.8) is 0 Å². The third kappa shape index (κ3) is 4.53. The number of ether oxygens (including phenoxy) is 2. The number of esters is 2. The van der Waals surface area contributed by atoms with Crippen LogP contribution in [0.2, 0.25) is 0 Å². The van der Waals surface area contributed by atoms with Gasteiger partial charge in [0.15, 0.2) is 6.61 Å². The molecule has 0 radical (unpaired) electrons. The number of carbonyl (C=O) groups is 2. The molecule has 2 aliphatic rings. The van der Waals surface area contributed by atoms with Gasteiger partial charge in [0.2, 0.25) is 0 Å². The maximum absolute atomic E-state index is 13.3. The molecule has 0 spiro atoms. The average molecular weight is 428 g/mol. The molecule has 0 N–H and O–H groups in total. The molecule has 0 aliphatic heterocycles. The maximum Gasteiger partial charge on any atom is 0.456 e. The molecule has 6 atom stereocenters. The minimum Gasteiger partial charge on any atom is -0.462 e. The lowest BCUT2D eigenvalue weighted by atomic mass is 9.64. The van der Waals surface area contributed by atoms with Crippen molar-refractivity contribution in [3.8, 4) is 0 Å². The Morgan fingerprint density at radius 1 is 1.07 bits per heavy atom. The van der Waals surface area contributed by atoms with Crippen LogP contribution in [0, 0.1) is 35.0 Å². The second kappa shape index (κ2) is 8.02. The van der Waals surface area contributed by atoms with Crippen LogP contribution in [0.1, 0.15) is 53.9 Å². The topological polar surface area (TPSA) is 52.6 Å². The molecule has 2 bridgehead atoms. The third-order valence-corrected chi connectivity index (χ3v) is 7.02. The molecule has 6 unspecified atom stereocenters. The molecule has 2 aliphatic carbocycles. The average Bonchev–Trinajstić information content (AvgIpc) is 3.08. The Balaban J connectivity index is 2.21. The summed E-state index contributed by atoms with van der Waals surface area (Å²) in [6.45, 7) is 7.23. The molecular weight excluding hydrogens is 399 g/mol. The highest BCUT2D eigenvalue weighted by Crippen LogP contribution is 2.63. The van der Waals surface area contributed by atoms with Crippen molar-refractivity contribution >= 4 is 11.9 Å². The smallest absolute Gasteiger partial charge is 0.456 e. The fourth-order valence-corrected chi connectivity index (χ4v) is 4.70. The summed E-state index contributed by atoms with van der Waals surface area (Å²) >= 11 is 0. The zero-order valence-corrected chi connectivity index (χ0v) is 17.3. The number of halogens is 5. The Kier molecular flexibility index (Phi) is 6.60. The fourth-order valence-electron chi connectivity index (χ4n) is 4.70. The second-order valence-electron chi connectivity index (χ2n) is 9.07. The van der Waals surface area contributed by atoms with Gasteiger partial charge in [-0.3, -0.25) is 9.59 Å². The lowest BCUT2D eigenvalue weighted by molar-refractivity contribution is -0.295. The molecule has 9 heteroatoms. The van der Waals surface area contributed by atoms with Crippen LogP contribution in [0.4, 0.5) is 22.0 Å². The van der Waals surface area contributed by atoms with E-state index in [0.29, 0.717) is 6.42 Å². The first-order valence-corrected chi connectivity index (χ1v) is 9.93. The Bertz CT molecular complexity index is 631. The van der Waals surface area contributed by atoms with Gasteiger partial charge >= 0.3 is 24.0 Å². The third-order valence-electron chi connectivity index (χ3n) is 7.02. The van der Waals surface area contributed by atoms with Crippen molar-refractivity contribution in [1.29, 1.82) is 0 Å². The van der Waals surface area contributed by atoms with Crippen LogP contribution in [-0.4, -0.2) is 36.7 Å². The van der Waals surface area contributed by atoms with Crippen LogP contribution >= 0.6 is 0 Å².